The van der Waals surface area contributed by atoms with Crippen molar-refractivity contribution < 1.29 is 4.79 Å². The number of amides is 1. The van der Waals surface area contributed by atoms with E-state index in [1.165, 1.54) is 0 Å². The molecule has 128 valence electrons. The number of para-hydroxylation sites is 2. The lowest BCUT2D eigenvalue weighted by atomic mass is 10.2. The summed E-state index contributed by atoms with van der Waals surface area (Å²) in [7, 11) is 0. The minimum absolute atomic E-state index is 0.237. The first kappa shape index (κ1) is 16.1. The number of thiophene rings is 1. The lowest BCUT2D eigenvalue weighted by molar-refractivity contribution is 0.0963. The SMILES string of the molecule is O=C(NNc1ccccc1)c1cn(-c2ccccc2)nc1-c1cccs1. The van der Waals surface area contributed by atoms with E-state index in [1.807, 2.05) is 78.2 Å². The molecule has 2 heterocycles. The van der Waals surface area contributed by atoms with E-state index >= 15 is 0 Å². The predicted octanol–water partition coefficient (Wildman–Crippen LogP) is 4.36. The molecule has 6 heteroatoms. The van der Waals surface area contributed by atoms with Gasteiger partial charge in [-0.05, 0) is 35.7 Å². The van der Waals surface area contributed by atoms with Crippen molar-refractivity contribution in [3.63, 3.8) is 0 Å². The number of nitrogens with one attached hydrogen (secondary N) is 2. The van der Waals surface area contributed by atoms with E-state index < -0.39 is 0 Å². The summed E-state index contributed by atoms with van der Waals surface area (Å²) in [4.78, 5) is 13.7. The second-order valence-electron chi connectivity index (χ2n) is 5.59. The number of hydrazine groups is 1. The molecular weight excluding hydrogens is 344 g/mol. The van der Waals surface area contributed by atoms with Gasteiger partial charge >= 0.3 is 0 Å². The standard InChI is InChI=1S/C20H16N4OS/c25-20(22-21-15-8-3-1-4-9-15)17-14-24(16-10-5-2-6-11-16)23-19(17)18-12-7-13-26-18/h1-14,21H,(H,22,25). The van der Waals surface area contributed by atoms with Crippen LogP contribution in [0.4, 0.5) is 5.69 Å². The number of nitrogens with zero attached hydrogens (tertiary/aromatic N) is 2. The quantitative estimate of drug-likeness (QED) is 0.520. The Bertz CT molecular complexity index is 995. The Balaban J connectivity index is 1.65. The molecule has 0 atom stereocenters. The van der Waals surface area contributed by atoms with Crippen LogP contribution in [0, 0.1) is 0 Å². The van der Waals surface area contributed by atoms with Crippen LogP contribution in [0.15, 0.2) is 84.4 Å². The number of rotatable bonds is 5. The zero-order chi connectivity index (χ0) is 17.8. The van der Waals surface area contributed by atoms with Crippen LogP contribution in [0.3, 0.4) is 0 Å². The zero-order valence-corrected chi connectivity index (χ0v) is 14.6. The second kappa shape index (κ2) is 7.25. The average molecular weight is 360 g/mol. The van der Waals surface area contributed by atoms with Crippen molar-refractivity contribution in [2.45, 2.75) is 0 Å². The van der Waals surface area contributed by atoms with E-state index in [1.54, 1.807) is 22.2 Å². The summed E-state index contributed by atoms with van der Waals surface area (Å²) in [6.45, 7) is 0. The Labute approximate surface area is 154 Å². The predicted molar refractivity (Wildman–Crippen MR) is 104 cm³/mol. The van der Waals surface area contributed by atoms with Gasteiger partial charge in [-0.25, -0.2) is 4.68 Å². The Hall–Kier alpha value is -3.38. The van der Waals surface area contributed by atoms with Gasteiger partial charge in [0.25, 0.3) is 5.91 Å². The Morgan fingerprint density at radius 2 is 1.65 bits per heavy atom. The van der Waals surface area contributed by atoms with Crippen molar-refractivity contribution >= 4 is 22.9 Å². The van der Waals surface area contributed by atoms with E-state index in [9.17, 15) is 4.79 Å². The molecule has 26 heavy (non-hydrogen) atoms. The number of anilines is 1. The molecule has 0 spiro atoms. The maximum Gasteiger partial charge on any atom is 0.273 e. The van der Waals surface area contributed by atoms with Gasteiger partial charge in [-0.2, -0.15) is 5.10 Å². The van der Waals surface area contributed by atoms with E-state index in [2.05, 4.69) is 16.0 Å². The molecule has 0 saturated heterocycles. The minimum atomic E-state index is -0.237. The molecule has 0 aliphatic heterocycles. The summed E-state index contributed by atoms with van der Waals surface area (Å²) in [6.07, 6.45) is 1.76. The summed E-state index contributed by atoms with van der Waals surface area (Å²) in [5, 5.41) is 6.61. The van der Waals surface area contributed by atoms with Crippen LogP contribution >= 0.6 is 11.3 Å². The minimum Gasteiger partial charge on any atom is -0.298 e. The number of hydrogen-bond acceptors (Lipinski definition) is 4. The fourth-order valence-electron chi connectivity index (χ4n) is 2.57. The third-order valence-corrected chi connectivity index (χ3v) is 4.70. The highest BCUT2D eigenvalue weighted by molar-refractivity contribution is 7.13. The Morgan fingerprint density at radius 1 is 0.923 bits per heavy atom. The molecule has 2 N–H and O–H groups in total. The molecule has 0 unspecified atom stereocenters. The lowest BCUT2D eigenvalue weighted by Gasteiger charge is -2.07. The molecule has 0 aliphatic carbocycles. The molecule has 4 rings (SSSR count). The first-order chi connectivity index (χ1) is 12.8. The molecule has 0 fully saturated rings. The van der Waals surface area contributed by atoms with Crippen molar-refractivity contribution in [3.05, 3.63) is 89.9 Å². The summed E-state index contributed by atoms with van der Waals surface area (Å²) in [5.41, 5.74) is 8.57. The molecule has 5 nitrogen and oxygen atoms in total. The van der Waals surface area contributed by atoms with Crippen LogP contribution in [-0.2, 0) is 0 Å². The van der Waals surface area contributed by atoms with Gasteiger partial charge in [0.05, 0.1) is 21.8 Å². The van der Waals surface area contributed by atoms with Crippen molar-refractivity contribution in [1.29, 1.82) is 0 Å². The largest absolute Gasteiger partial charge is 0.298 e. The highest BCUT2D eigenvalue weighted by Gasteiger charge is 2.19. The summed E-state index contributed by atoms with van der Waals surface area (Å²) in [6, 6.07) is 23.1. The van der Waals surface area contributed by atoms with Gasteiger partial charge in [0.15, 0.2) is 0 Å². The molecular formula is C20H16N4OS. The van der Waals surface area contributed by atoms with Gasteiger partial charge in [-0.15, -0.1) is 11.3 Å². The van der Waals surface area contributed by atoms with E-state index in [0.29, 0.717) is 11.3 Å². The average Bonchev–Trinajstić information content (AvgIpc) is 3.37. The fourth-order valence-corrected chi connectivity index (χ4v) is 3.29. The molecule has 2 aromatic heterocycles. The molecule has 4 aromatic rings. The van der Waals surface area contributed by atoms with E-state index in [-0.39, 0.29) is 5.91 Å². The second-order valence-corrected chi connectivity index (χ2v) is 6.54. The van der Waals surface area contributed by atoms with Gasteiger partial charge in [0.1, 0.15) is 5.69 Å². The number of aromatic nitrogens is 2. The number of hydrogen-bond donors (Lipinski definition) is 2. The summed E-state index contributed by atoms with van der Waals surface area (Å²) in [5.74, 6) is -0.237. The van der Waals surface area contributed by atoms with Crippen molar-refractivity contribution in [2.75, 3.05) is 5.43 Å². The highest BCUT2D eigenvalue weighted by Crippen LogP contribution is 2.27. The summed E-state index contributed by atoms with van der Waals surface area (Å²) < 4.78 is 1.73. The van der Waals surface area contributed by atoms with Crippen LogP contribution < -0.4 is 10.9 Å². The number of benzene rings is 2. The molecule has 1 amide bonds. The highest BCUT2D eigenvalue weighted by atomic mass is 32.1. The van der Waals surface area contributed by atoms with Crippen molar-refractivity contribution in [2.24, 2.45) is 0 Å². The van der Waals surface area contributed by atoms with Gasteiger partial charge in [-0.1, -0.05) is 42.5 Å². The maximum atomic E-state index is 12.8. The van der Waals surface area contributed by atoms with Crippen LogP contribution in [-0.4, -0.2) is 15.7 Å². The smallest absolute Gasteiger partial charge is 0.273 e. The first-order valence-corrected chi connectivity index (χ1v) is 8.99. The van der Waals surface area contributed by atoms with E-state index in [4.69, 9.17) is 0 Å². The molecule has 2 aromatic carbocycles. The van der Waals surface area contributed by atoms with Crippen LogP contribution in [0.5, 0.6) is 0 Å². The molecule has 0 bridgehead atoms. The monoisotopic (exact) mass is 360 g/mol. The van der Waals surface area contributed by atoms with Gasteiger partial charge in [-0.3, -0.25) is 15.6 Å². The third kappa shape index (κ3) is 3.36. The van der Waals surface area contributed by atoms with Gasteiger partial charge < -0.3 is 0 Å². The van der Waals surface area contributed by atoms with Crippen molar-refractivity contribution in [3.8, 4) is 16.3 Å². The van der Waals surface area contributed by atoms with Crippen LogP contribution in [0.25, 0.3) is 16.3 Å². The molecule has 0 aliphatic rings. The molecule has 0 saturated carbocycles. The topological polar surface area (TPSA) is 59.0 Å². The first-order valence-electron chi connectivity index (χ1n) is 8.11. The Kier molecular flexibility index (Phi) is 4.49. The number of carbonyl (C=O) groups excluding carboxylic acids is 1. The van der Waals surface area contributed by atoms with Gasteiger partial charge in [0, 0.05) is 6.20 Å². The molecule has 0 radical (unpaired) electrons. The van der Waals surface area contributed by atoms with Crippen LogP contribution in [0.1, 0.15) is 10.4 Å². The zero-order valence-electron chi connectivity index (χ0n) is 13.8. The maximum absolute atomic E-state index is 12.8. The van der Waals surface area contributed by atoms with E-state index in [0.717, 1.165) is 16.3 Å². The lowest BCUT2D eigenvalue weighted by Crippen LogP contribution is -2.29. The number of carbonyl (C=O) groups is 1. The normalized spacial score (nSPS) is 10.5. The van der Waals surface area contributed by atoms with Gasteiger partial charge in [0.2, 0.25) is 0 Å². The summed E-state index contributed by atoms with van der Waals surface area (Å²) >= 11 is 1.55. The fraction of sp³-hybridized carbons (Fsp3) is 0. The van der Waals surface area contributed by atoms with Crippen LogP contribution in [0.2, 0.25) is 0 Å². The third-order valence-electron chi connectivity index (χ3n) is 3.83. The van der Waals surface area contributed by atoms with Crippen molar-refractivity contribution in [1.82, 2.24) is 15.2 Å². The Morgan fingerprint density at radius 3 is 2.35 bits per heavy atom.